The summed E-state index contributed by atoms with van der Waals surface area (Å²) in [6.45, 7) is 0. The average molecular weight is 429 g/mol. The zero-order valence-electron chi connectivity index (χ0n) is 17.1. The van der Waals surface area contributed by atoms with Gasteiger partial charge in [-0.25, -0.2) is 4.79 Å². The highest BCUT2D eigenvalue weighted by Crippen LogP contribution is 2.21. The molecule has 0 aromatic heterocycles. The van der Waals surface area contributed by atoms with E-state index < -0.39 is 10.9 Å². The Morgan fingerprint density at radius 2 is 1.59 bits per heavy atom. The third-order valence-electron chi connectivity index (χ3n) is 4.40. The van der Waals surface area contributed by atoms with Gasteiger partial charge in [-0.05, 0) is 47.5 Å². The van der Waals surface area contributed by atoms with E-state index in [0.717, 1.165) is 11.6 Å². The van der Waals surface area contributed by atoms with Gasteiger partial charge in [-0.1, -0.05) is 42.5 Å². The van der Waals surface area contributed by atoms with Crippen molar-refractivity contribution < 1.29 is 24.0 Å². The van der Waals surface area contributed by atoms with Gasteiger partial charge in [0.15, 0.2) is 5.78 Å². The average Bonchev–Trinajstić information content (AvgIpc) is 2.82. The fraction of sp³-hybridized carbons (Fsp3) is 0.0400. The van der Waals surface area contributed by atoms with Crippen molar-refractivity contribution in [2.24, 2.45) is 0 Å². The number of nitro groups is 1. The number of carbonyl (C=O) groups is 2. The van der Waals surface area contributed by atoms with Crippen LogP contribution in [0.25, 0.3) is 12.2 Å². The van der Waals surface area contributed by atoms with Crippen molar-refractivity contribution in [3.8, 4) is 11.5 Å². The van der Waals surface area contributed by atoms with E-state index in [1.165, 1.54) is 36.4 Å². The predicted octanol–water partition coefficient (Wildman–Crippen LogP) is 5.12. The summed E-state index contributed by atoms with van der Waals surface area (Å²) in [4.78, 5) is 35.2. The lowest BCUT2D eigenvalue weighted by Gasteiger charge is -2.06. The molecule has 0 atom stereocenters. The van der Waals surface area contributed by atoms with E-state index in [1.54, 1.807) is 49.6 Å². The Labute approximate surface area is 184 Å². The molecule has 7 nitrogen and oxygen atoms in total. The Morgan fingerprint density at radius 3 is 2.31 bits per heavy atom. The van der Waals surface area contributed by atoms with Crippen molar-refractivity contribution in [1.82, 2.24) is 0 Å². The lowest BCUT2D eigenvalue weighted by atomic mass is 10.1. The van der Waals surface area contributed by atoms with E-state index in [1.807, 2.05) is 12.1 Å². The molecular formula is C25H19NO6. The topological polar surface area (TPSA) is 95.7 Å². The summed E-state index contributed by atoms with van der Waals surface area (Å²) in [6, 6.07) is 19.4. The van der Waals surface area contributed by atoms with E-state index in [4.69, 9.17) is 9.47 Å². The van der Waals surface area contributed by atoms with Crippen LogP contribution in [0.15, 0.2) is 84.9 Å². The second-order valence-corrected chi connectivity index (χ2v) is 6.57. The maximum absolute atomic E-state index is 12.6. The van der Waals surface area contributed by atoms with Gasteiger partial charge in [-0.2, -0.15) is 0 Å². The number of nitro benzene ring substituents is 1. The van der Waals surface area contributed by atoms with Crippen LogP contribution in [0.1, 0.15) is 21.5 Å². The van der Waals surface area contributed by atoms with Gasteiger partial charge >= 0.3 is 5.97 Å². The van der Waals surface area contributed by atoms with Gasteiger partial charge in [-0.15, -0.1) is 0 Å². The van der Waals surface area contributed by atoms with Crippen LogP contribution in [-0.2, 0) is 4.79 Å². The lowest BCUT2D eigenvalue weighted by Crippen LogP contribution is -2.07. The smallest absolute Gasteiger partial charge is 0.336 e. The fourth-order valence-electron chi connectivity index (χ4n) is 2.78. The number of ether oxygens (including phenoxy) is 2. The van der Waals surface area contributed by atoms with E-state index >= 15 is 0 Å². The zero-order chi connectivity index (χ0) is 22.9. The number of carbonyl (C=O) groups excluding carboxylic acids is 2. The van der Waals surface area contributed by atoms with Crippen LogP contribution >= 0.6 is 0 Å². The Morgan fingerprint density at radius 1 is 0.875 bits per heavy atom. The normalized spacial score (nSPS) is 10.9. The number of nitrogens with zero attached hydrogens (tertiary/aromatic N) is 1. The molecule has 0 fully saturated rings. The molecule has 0 aliphatic rings. The standard InChI is InChI=1S/C25H19NO6/c1-31-21-13-9-18(10-14-21)11-15-23(27)22-7-2-3-8-24(22)32-25(28)16-12-19-5-4-6-20(17-19)26(29)30/h2-17H,1H3/b15-11+,16-12+. The minimum atomic E-state index is -0.712. The fourth-order valence-corrected chi connectivity index (χ4v) is 2.78. The van der Waals surface area contributed by atoms with Crippen molar-refractivity contribution in [1.29, 1.82) is 0 Å². The van der Waals surface area contributed by atoms with Gasteiger partial charge in [0.2, 0.25) is 0 Å². The number of methoxy groups -OCH3 is 1. The molecule has 0 saturated heterocycles. The molecule has 0 radical (unpaired) electrons. The molecule has 3 rings (SSSR count). The molecule has 0 heterocycles. The minimum absolute atomic E-state index is 0.0832. The van der Waals surface area contributed by atoms with E-state index in [9.17, 15) is 19.7 Å². The number of hydrogen-bond donors (Lipinski definition) is 0. The lowest BCUT2D eigenvalue weighted by molar-refractivity contribution is -0.384. The molecule has 160 valence electrons. The highest BCUT2D eigenvalue weighted by Gasteiger charge is 2.12. The first-order chi connectivity index (χ1) is 15.5. The molecule has 0 aliphatic carbocycles. The first-order valence-electron chi connectivity index (χ1n) is 9.56. The molecule has 3 aromatic carbocycles. The Kier molecular flexibility index (Phi) is 7.27. The van der Waals surface area contributed by atoms with E-state index in [2.05, 4.69) is 0 Å². The van der Waals surface area contributed by atoms with Gasteiger partial charge < -0.3 is 9.47 Å². The Bertz CT molecular complexity index is 1200. The SMILES string of the molecule is COc1ccc(/C=C/C(=O)c2ccccc2OC(=O)/C=C/c2cccc([N+](=O)[O-])c2)cc1. The Balaban J connectivity index is 1.70. The molecule has 0 amide bonds. The van der Waals surface area contributed by atoms with Crippen LogP contribution in [-0.4, -0.2) is 23.8 Å². The largest absolute Gasteiger partial charge is 0.497 e. The molecule has 3 aromatic rings. The summed E-state index contributed by atoms with van der Waals surface area (Å²) in [5.74, 6) is -0.211. The summed E-state index contributed by atoms with van der Waals surface area (Å²) in [7, 11) is 1.57. The number of hydrogen-bond acceptors (Lipinski definition) is 6. The van der Waals surface area contributed by atoms with Gasteiger partial charge in [-0.3, -0.25) is 14.9 Å². The highest BCUT2D eigenvalue weighted by molar-refractivity contribution is 6.09. The zero-order valence-corrected chi connectivity index (χ0v) is 17.1. The van der Waals surface area contributed by atoms with Crippen LogP contribution in [0.2, 0.25) is 0 Å². The second kappa shape index (κ2) is 10.5. The molecule has 0 aliphatic heterocycles. The van der Waals surface area contributed by atoms with Crippen LogP contribution in [0, 0.1) is 10.1 Å². The first kappa shape index (κ1) is 22.2. The van der Waals surface area contributed by atoms with Crippen molar-refractivity contribution in [2.45, 2.75) is 0 Å². The van der Waals surface area contributed by atoms with E-state index in [0.29, 0.717) is 11.3 Å². The molecule has 0 N–H and O–H groups in total. The van der Waals surface area contributed by atoms with Crippen LogP contribution in [0.4, 0.5) is 5.69 Å². The monoisotopic (exact) mass is 429 g/mol. The quantitative estimate of drug-likeness (QED) is 0.123. The molecule has 7 heteroatoms. The highest BCUT2D eigenvalue weighted by atomic mass is 16.6. The third-order valence-corrected chi connectivity index (χ3v) is 4.40. The van der Waals surface area contributed by atoms with E-state index in [-0.39, 0.29) is 22.8 Å². The third kappa shape index (κ3) is 5.99. The van der Waals surface area contributed by atoms with Crippen LogP contribution in [0.3, 0.4) is 0 Å². The summed E-state index contributed by atoms with van der Waals surface area (Å²) in [5.41, 5.74) is 1.44. The van der Waals surface area contributed by atoms with Crippen LogP contribution < -0.4 is 9.47 Å². The maximum Gasteiger partial charge on any atom is 0.336 e. The van der Waals surface area contributed by atoms with Gasteiger partial charge in [0.1, 0.15) is 11.5 Å². The molecule has 32 heavy (non-hydrogen) atoms. The predicted molar refractivity (Wildman–Crippen MR) is 121 cm³/mol. The van der Waals surface area contributed by atoms with Crippen molar-refractivity contribution in [2.75, 3.05) is 7.11 Å². The summed E-state index contributed by atoms with van der Waals surface area (Å²) < 4.78 is 10.4. The number of esters is 1. The molecule has 0 unspecified atom stereocenters. The maximum atomic E-state index is 12.6. The van der Waals surface area contributed by atoms with Gasteiger partial charge in [0, 0.05) is 18.2 Å². The Hall–Kier alpha value is -4.52. The molecular weight excluding hydrogens is 410 g/mol. The van der Waals surface area contributed by atoms with Crippen molar-refractivity contribution >= 4 is 29.6 Å². The number of rotatable bonds is 8. The summed E-state index contributed by atoms with van der Waals surface area (Å²) >= 11 is 0. The number of para-hydroxylation sites is 1. The molecule has 0 saturated carbocycles. The number of ketones is 1. The summed E-state index contributed by atoms with van der Waals surface area (Å²) in [6.07, 6.45) is 5.60. The molecule has 0 spiro atoms. The number of allylic oxidation sites excluding steroid dienone is 1. The van der Waals surface area contributed by atoms with Crippen molar-refractivity contribution in [3.63, 3.8) is 0 Å². The van der Waals surface area contributed by atoms with Crippen molar-refractivity contribution in [3.05, 3.63) is 112 Å². The first-order valence-corrected chi connectivity index (χ1v) is 9.56. The molecule has 0 bridgehead atoms. The summed E-state index contributed by atoms with van der Waals surface area (Å²) in [5, 5.41) is 10.9. The number of non-ortho nitro benzene ring substituents is 1. The second-order valence-electron chi connectivity index (χ2n) is 6.57. The number of benzene rings is 3. The van der Waals surface area contributed by atoms with Crippen LogP contribution in [0.5, 0.6) is 11.5 Å². The van der Waals surface area contributed by atoms with Gasteiger partial charge in [0.05, 0.1) is 17.6 Å². The minimum Gasteiger partial charge on any atom is -0.497 e. The van der Waals surface area contributed by atoms with Gasteiger partial charge in [0.25, 0.3) is 5.69 Å².